The van der Waals surface area contributed by atoms with Gasteiger partial charge in [-0.25, -0.2) is 0 Å². The van der Waals surface area contributed by atoms with Crippen molar-refractivity contribution < 1.29 is 20.1 Å². The van der Waals surface area contributed by atoms with Crippen LogP contribution >= 0.6 is 0 Å². The molecule has 148 valence electrons. The number of rotatable bonds is 11. The van der Waals surface area contributed by atoms with Crippen LogP contribution < -0.4 is 0 Å². The number of carboxylic acid groups (broad SMARTS) is 1. The molecule has 26 heavy (non-hydrogen) atoms. The first kappa shape index (κ1) is 21.2. The minimum Gasteiger partial charge on any atom is -0.481 e. The maximum Gasteiger partial charge on any atom is 0.303 e. The zero-order chi connectivity index (χ0) is 18.9. The van der Waals surface area contributed by atoms with Gasteiger partial charge in [0.15, 0.2) is 0 Å². The molecular weight excluding hydrogens is 328 g/mol. The zero-order valence-electron chi connectivity index (χ0n) is 16.1. The van der Waals surface area contributed by atoms with Crippen molar-refractivity contribution in [2.24, 2.45) is 17.8 Å². The van der Waals surface area contributed by atoms with Crippen LogP contribution in [0.3, 0.4) is 0 Å². The third kappa shape index (κ3) is 6.55. The van der Waals surface area contributed by atoms with Crippen molar-refractivity contribution in [1.82, 2.24) is 0 Å². The number of carbonyl (C=O) groups is 1. The Balaban J connectivity index is 1.79. The molecule has 2 fully saturated rings. The van der Waals surface area contributed by atoms with E-state index in [1.165, 1.54) is 24.8 Å². The molecule has 0 heterocycles. The summed E-state index contributed by atoms with van der Waals surface area (Å²) in [5.41, 5.74) is 1.43. The van der Waals surface area contributed by atoms with Gasteiger partial charge in [0, 0.05) is 12.3 Å². The van der Waals surface area contributed by atoms with Crippen molar-refractivity contribution in [3.05, 3.63) is 23.8 Å². The Kier molecular flexibility index (Phi) is 8.86. The summed E-state index contributed by atoms with van der Waals surface area (Å²) in [4.78, 5) is 10.6. The predicted molar refractivity (Wildman–Crippen MR) is 104 cm³/mol. The Morgan fingerprint density at radius 2 is 2.04 bits per heavy atom. The van der Waals surface area contributed by atoms with E-state index in [-0.39, 0.29) is 18.4 Å². The van der Waals surface area contributed by atoms with Gasteiger partial charge in [-0.05, 0) is 50.4 Å². The van der Waals surface area contributed by atoms with E-state index in [9.17, 15) is 15.0 Å². The van der Waals surface area contributed by atoms with Crippen molar-refractivity contribution in [2.75, 3.05) is 0 Å². The average Bonchev–Trinajstić information content (AvgIpc) is 3.10. The molecule has 2 aliphatic carbocycles. The van der Waals surface area contributed by atoms with Crippen molar-refractivity contribution in [1.29, 1.82) is 0 Å². The molecule has 2 rings (SSSR count). The number of allylic oxidation sites excluding steroid dienone is 2. The Morgan fingerprint density at radius 3 is 2.77 bits per heavy atom. The highest BCUT2D eigenvalue weighted by molar-refractivity contribution is 5.66. The second-order valence-electron chi connectivity index (χ2n) is 8.16. The number of aliphatic carboxylic acids is 1. The molecule has 0 aromatic carbocycles. The summed E-state index contributed by atoms with van der Waals surface area (Å²) in [5.74, 6) is 0.426. The standard InChI is InChI=1S/C22H36O4/c1-2-3-4-5-9-18(23)11-12-19-20-14-16(8-6-7-10-22(25)26)13-17(20)15-21(19)24/h8,11-12,17-21,23-24H,2-7,9-10,13-15H2,1H3,(H,25,26)/b12-11+,16-8-/t17-,18?,19+,20-,21+/m0/s1. The molecule has 0 spiro atoms. The van der Waals surface area contributed by atoms with Gasteiger partial charge in [0.25, 0.3) is 0 Å². The summed E-state index contributed by atoms with van der Waals surface area (Å²) in [7, 11) is 0. The van der Waals surface area contributed by atoms with E-state index in [0.29, 0.717) is 18.3 Å². The van der Waals surface area contributed by atoms with Crippen LogP contribution in [0.15, 0.2) is 23.8 Å². The minimum absolute atomic E-state index is 0.148. The first-order valence-corrected chi connectivity index (χ1v) is 10.5. The molecule has 0 aromatic heterocycles. The van der Waals surface area contributed by atoms with Crippen LogP contribution in [0, 0.1) is 17.8 Å². The maximum atomic E-state index is 10.6. The molecular formula is C22H36O4. The highest BCUT2D eigenvalue weighted by Crippen LogP contribution is 2.50. The fourth-order valence-corrected chi connectivity index (χ4v) is 4.63. The molecule has 2 aliphatic rings. The van der Waals surface area contributed by atoms with Crippen LogP contribution in [0.4, 0.5) is 0 Å². The summed E-state index contributed by atoms with van der Waals surface area (Å²) in [6.45, 7) is 2.19. The van der Waals surface area contributed by atoms with E-state index in [1.54, 1.807) is 0 Å². The van der Waals surface area contributed by atoms with E-state index in [4.69, 9.17) is 5.11 Å². The largest absolute Gasteiger partial charge is 0.481 e. The van der Waals surface area contributed by atoms with Crippen molar-refractivity contribution in [2.45, 2.75) is 89.8 Å². The van der Waals surface area contributed by atoms with Crippen molar-refractivity contribution in [3.63, 3.8) is 0 Å². The van der Waals surface area contributed by atoms with Crippen molar-refractivity contribution >= 4 is 5.97 Å². The molecule has 4 nitrogen and oxygen atoms in total. The monoisotopic (exact) mass is 364 g/mol. The first-order valence-electron chi connectivity index (χ1n) is 10.5. The smallest absolute Gasteiger partial charge is 0.303 e. The molecule has 3 N–H and O–H groups in total. The molecule has 2 saturated carbocycles. The van der Waals surface area contributed by atoms with Gasteiger partial charge in [-0.2, -0.15) is 0 Å². The number of fused-ring (bicyclic) bond motifs is 1. The summed E-state index contributed by atoms with van der Waals surface area (Å²) >= 11 is 0. The van der Waals surface area contributed by atoms with Gasteiger partial charge >= 0.3 is 5.97 Å². The number of hydrogen-bond acceptors (Lipinski definition) is 3. The van der Waals surface area contributed by atoms with Crippen LogP contribution in [0.25, 0.3) is 0 Å². The van der Waals surface area contributed by atoms with Crippen LogP contribution in [0.1, 0.15) is 77.6 Å². The quantitative estimate of drug-likeness (QED) is 0.373. The molecule has 0 bridgehead atoms. The highest BCUT2D eigenvalue weighted by atomic mass is 16.4. The van der Waals surface area contributed by atoms with E-state index in [1.807, 2.05) is 6.08 Å². The topological polar surface area (TPSA) is 77.8 Å². The zero-order valence-corrected chi connectivity index (χ0v) is 16.1. The van der Waals surface area contributed by atoms with Crippen LogP contribution in [-0.2, 0) is 4.79 Å². The van der Waals surface area contributed by atoms with E-state index >= 15 is 0 Å². The van der Waals surface area contributed by atoms with Gasteiger partial charge < -0.3 is 15.3 Å². The second kappa shape index (κ2) is 10.9. The molecule has 0 radical (unpaired) electrons. The fraction of sp³-hybridized carbons (Fsp3) is 0.773. The molecule has 1 unspecified atom stereocenters. The van der Waals surface area contributed by atoms with Gasteiger partial charge in [0.05, 0.1) is 12.2 Å². The summed E-state index contributed by atoms with van der Waals surface area (Å²) in [5, 5.41) is 29.3. The number of carboxylic acids is 1. The van der Waals surface area contributed by atoms with Gasteiger partial charge in [0.2, 0.25) is 0 Å². The van der Waals surface area contributed by atoms with E-state index in [0.717, 1.165) is 38.5 Å². The second-order valence-corrected chi connectivity index (χ2v) is 8.16. The van der Waals surface area contributed by atoms with E-state index in [2.05, 4.69) is 19.1 Å². The SMILES string of the molecule is CCCCCCC(O)/C=C/[C@@H]1[C@H]2C/C(=C\CCCC(=O)O)C[C@H]2C[C@H]1O. The number of hydrogen-bond donors (Lipinski definition) is 3. The lowest BCUT2D eigenvalue weighted by atomic mass is 9.90. The Hall–Kier alpha value is -1.13. The summed E-state index contributed by atoms with van der Waals surface area (Å²) in [6.07, 6.45) is 15.6. The Bertz CT molecular complexity index is 496. The molecule has 0 aliphatic heterocycles. The number of unbranched alkanes of at least 4 members (excludes halogenated alkanes) is 4. The number of aliphatic hydroxyl groups excluding tert-OH is 2. The third-order valence-corrected chi connectivity index (χ3v) is 6.05. The molecule has 0 amide bonds. The summed E-state index contributed by atoms with van der Waals surface area (Å²) < 4.78 is 0. The minimum atomic E-state index is -0.728. The Morgan fingerprint density at radius 1 is 1.23 bits per heavy atom. The van der Waals surface area contributed by atoms with Crippen LogP contribution in [0.2, 0.25) is 0 Å². The lowest BCUT2D eigenvalue weighted by Crippen LogP contribution is -2.17. The highest BCUT2D eigenvalue weighted by Gasteiger charge is 2.44. The number of aliphatic hydroxyl groups is 2. The lowest BCUT2D eigenvalue weighted by molar-refractivity contribution is -0.137. The first-order chi connectivity index (χ1) is 12.5. The molecule has 5 atom stereocenters. The van der Waals surface area contributed by atoms with Gasteiger partial charge in [0.1, 0.15) is 0 Å². The van der Waals surface area contributed by atoms with Crippen LogP contribution in [-0.4, -0.2) is 33.5 Å². The van der Waals surface area contributed by atoms with Gasteiger partial charge in [-0.1, -0.05) is 56.4 Å². The predicted octanol–water partition coefficient (Wildman–Crippen LogP) is 4.46. The normalized spacial score (nSPS) is 31.0. The van der Waals surface area contributed by atoms with Gasteiger partial charge in [-0.3, -0.25) is 4.79 Å². The fourth-order valence-electron chi connectivity index (χ4n) is 4.63. The Labute approximate surface area is 158 Å². The maximum absolute atomic E-state index is 10.6. The molecule has 4 heteroatoms. The molecule has 0 aromatic rings. The van der Waals surface area contributed by atoms with Crippen LogP contribution in [0.5, 0.6) is 0 Å². The lowest BCUT2D eigenvalue weighted by Gasteiger charge is -2.17. The average molecular weight is 365 g/mol. The summed E-state index contributed by atoms with van der Waals surface area (Å²) in [6, 6.07) is 0. The van der Waals surface area contributed by atoms with E-state index < -0.39 is 12.1 Å². The van der Waals surface area contributed by atoms with Gasteiger partial charge in [-0.15, -0.1) is 0 Å². The molecule has 0 saturated heterocycles. The van der Waals surface area contributed by atoms with Crippen molar-refractivity contribution in [3.8, 4) is 0 Å². The third-order valence-electron chi connectivity index (χ3n) is 6.05.